The molecule has 146 valence electrons. The van der Waals surface area contributed by atoms with Crippen molar-refractivity contribution in [1.29, 1.82) is 0 Å². The highest BCUT2D eigenvalue weighted by Crippen LogP contribution is 2.36. The third kappa shape index (κ3) is 3.31. The highest BCUT2D eigenvalue weighted by atomic mass is 16.5. The number of ether oxygens (including phenoxy) is 2. The predicted octanol–water partition coefficient (Wildman–Crippen LogP) is 2.47. The molecule has 2 heterocycles. The number of fused-ring (bicyclic) bond motifs is 1. The quantitative estimate of drug-likeness (QED) is 0.748. The summed E-state index contributed by atoms with van der Waals surface area (Å²) in [5.74, 6) is -1.31. The second-order valence-corrected chi connectivity index (χ2v) is 6.57. The summed E-state index contributed by atoms with van der Waals surface area (Å²) in [6.45, 7) is 3.54. The number of esters is 2. The van der Waals surface area contributed by atoms with Gasteiger partial charge in [0.2, 0.25) is 5.91 Å². The minimum Gasteiger partial charge on any atom is -0.465 e. The van der Waals surface area contributed by atoms with Crippen LogP contribution in [0.5, 0.6) is 0 Å². The van der Waals surface area contributed by atoms with E-state index in [2.05, 4.69) is 0 Å². The van der Waals surface area contributed by atoms with Crippen molar-refractivity contribution in [2.75, 3.05) is 24.0 Å². The molecule has 2 aliphatic rings. The number of allylic oxidation sites excluding steroid dienone is 2. The Kier molecular flexibility index (Phi) is 5.35. The average molecular weight is 382 g/mol. The first-order valence-electron chi connectivity index (χ1n) is 8.86. The molecule has 0 spiro atoms. The van der Waals surface area contributed by atoms with Crippen molar-refractivity contribution in [2.24, 2.45) is 0 Å². The molecule has 3 rings (SSSR count). The molecule has 1 aromatic rings. The molecule has 0 radical (unpaired) electrons. The Labute approximate surface area is 163 Å². The molecule has 1 unspecified atom stereocenters. The molecule has 1 atom stereocenters. The van der Waals surface area contributed by atoms with Gasteiger partial charge in [0.05, 0.1) is 19.8 Å². The number of methoxy groups -OCH3 is 2. The first-order chi connectivity index (χ1) is 13.4. The van der Waals surface area contributed by atoms with Crippen molar-refractivity contribution in [3.05, 3.63) is 59.5 Å². The number of nitrogens with zero attached hydrogens (tertiary/aromatic N) is 2. The SMILES string of the molecule is COC(=O)C1=C(C(=O)OC)N(c2ccc3c(c2)CC(C)N3C(C)=O)C=CC=C1. The van der Waals surface area contributed by atoms with Crippen molar-refractivity contribution in [2.45, 2.75) is 26.3 Å². The molecule has 0 bridgehead atoms. The van der Waals surface area contributed by atoms with Gasteiger partial charge in [-0.25, -0.2) is 9.59 Å². The van der Waals surface area contributed by atoms with E-state index in [-0.39, 0.29) is 23.2 Å². The van der Waals surface area contributed by atoms with E-state index in [1.165, 1.54) is 20.3 Å². The lowest BCUT2D eigenvalue weighted by Crippen LogP contribution is -2.33. The highest BCUT2D eigenvalue weighted by Gasteiger charge is 2.31. The number of benzene rings is 1. The van der Waals surface area contributed by atoms with Gasteiger partial charge in [-0.2, -0.15) is 0 Å². The van der Waals surface area contributed by atoms with Gasteiger partial charge >= 0.3 is 11.9 Å². The smallest absolute Gasteiger partial charge is 0.355 e. The summed E-state index contributed by atoms with van der Waals surface area (Å²) in [6.07, 6.45) is 7.28. The lowest BCUT2D eigenvalue weighted by Gasteiger charge is -2.24. The van der Waals surface area contributed by atoms with E-state index in [0.29, 0.717) is 12.1 Å². The van der Waals surface area contributed by atoms with Crippen LogP contribution in [0.3, 0.4) is 0 Å². The van der Waals surface area contributed by atoms with Crippen LogP contribution in [0.1, 0.15) is 19.4 Å². The fourth-order valence-corrected chi connectivity index (χ4v) is 3.61. The van der Waals surface area contributed by atoms with Crippen molar-refractivity contribution < 1.29 is 23.9 Å². The Morgan fingerprint density at radius 2 is 1.79 bits per heavy atom. The van der Waals surface area contributed by atoms with Crippen LogP contribution < -0.4 is 9.80 Å². The molecule has 1 aromatic carbocycles. The van der Waals surface area contributed by atoms with Crippen LogP contribution in [0.15, 0.2) is 53.9 Å². The maximum atomic E-state index is 12.5. The number of carbonyl (C=O) groups is 3. The second-order valence-electron chi connectivity index (χ2n) is 6.57. The first kappa shape index (κ1) is 19.4. The van der Waals surface area contributed by atoms with Crippen LogP contribution in [0.25, 0.3) is 0 Å². The predicted molar refractivity (Wildman–Crippen MR) is 105 cm³/mol. The standard InChI is InChI=1S/C21H22N2O5/c1-13-11-15-12-16(8-9-18(15)23(13)14(2)24)22-10-6-5-7-17(20(25)27-3)19(22)21(26)28-4/h5-10,12-13H,11H2,1-4H3. The van der Waals surface area contributed by atoms with Crippen LogP contribution in [0, 0.1) is 0 Å². The van der Waals surface area contributed by atoms with Crippen molar-refractivity contribution in [1.82, 2.24) is 0 Å². The van der Waals surface area contributed by atoms with E-state index in [4.69, 9.17) is 9.47 Å². The molecule has 28 heavy (non-hydrogen) atoms. The lowest BCUT2D eigenvalue weighted by atomic mass is 10.1. The number of hydrogen-bond acceptors (Lipinski definition) is 6. The van der Waals surface area contributed by atoms with Crippen LogP contribution in [0.4, 0.5) is 11.4 Å². The monoisotopic (exact) mass is 382 g/mol. The zero-order valence-electron chi connectivity index (χ0n) is 16.3. The van der Waals surface area contributed by atoms with Crippen molar-refractivity contribution in [3.63, 3.8) is 0 Å². The van der Waals surface area contributed by atoms with Gasteiger partial charge in [0.25, 0.3) is 0 Å². The van der Waals surface area contributed by atoms with Crippen molar-refractivity contribution >= 4 is 29.2 Å². The van der Waals surface area contributed by atoms with Gasteiger partial charge in [0.15, 0.2) is 0 Å². The Morgan fingerprint density at radius 1 is 1.07 bits per heavy atom. The Hall–Kier alpha value is -3.35. The Balaban J connectivity index is 2.12. The van der Waals surface area contributed by atoms with E-state index < -0.39 is 11.9 Å². The topological polar surface area (TPSA) is 76.2 Å². The van der Waals surface area contributed by atoms with Gasteiger partial charge < -0.3 is 19.3 Å². The second kappa shape index (κ2) is 7.72. The van der Waals surface area contributed by atoms with Crippen LogP contribution in [-0.2, 0) is 30.3 Å². The number of rotatable bonds is 3. The number of anilines is 2. The molecule has 0 fully saturated rings. The fourth-order valence-electron chi connectivity index (χ4n) is 3.61. The highest BCUT2D eigenvalue weighted by molar-refractivity contribution is 6.05. The molecule has 1 amide bonds. The van der Waals surface area contributed by atoms with Gasteiger partial charge in [-0.1, -0.05) is 6.08 Å². The van der Waals surface area contributed by atoms with E-state index in [1.807, 2.05) is 19.1 Å². The van der Waals surface area contributed by atoms with Gasteiger partial charge in [-0.3, -0.25) is 4.79 Å². The van der Waals surface area contributed by atoms with Gasteiger partial charge in [0, 0.05) is 30.5 Å². The largest absolute Gasteiger partial charge is 0.465 e. The summed E-state index contributed by atoms with van der Waals surface area (Å²) in [7, 11) is 2.52. The van der Waals surface area contributed by atoms with Gasteiger partial charge in [-0.05, 0) is 49.3 Å². The molecule has 2 aliphatic heterocycles. The summed E-state index contributed by atoms with van der Waals surface area (Å²) >= 11 is 0. The lowest BCUT2D eigenvalue weighted by molar-refractivity contribution is -0.139. The molecule has 0 saturated heterocycles. The minimum absolute atomic E-state index is 0.0130. The summed E-state index contributed by atoms with van der Waals surface area (Å²) in [5.41, 5.74) is 2.69. The molecule has 7 nitrogen and oxygen atoms in total. The van der Waals surface area contributed by atoms with Gasteiger partial charge in [-0.15, -0.1) is 0 Å². The van der Waals surface area contributed by atoms with Crippen LogP contribution in [0.2, 0.25) is 0 Å². The summed E-state index contributed by atoms with van der Waals surface area (Å²) in [5, 5.41) is 0. The molecule has 0 aliphatic carbocycles. The van der Waals surface area contributed by atoms with E-state index in [9.17, 15) is 14.4 Å². The van der Waals surface area contributed by atoms with Gasteiger partial charge in [0.1, 0.15) is 5.70 Å². The number of amides is 1. The van der Waals surface area contributed by atoms with Crippen LogP contribution >= 0.6 is 0 Å². The molecule has 0 saturated carbocycles. The van der Waals surface area contributed by atoms with E-state index >= 15 is 0 Å². The van der Waals surface area contributed by atoms with E-state index in [0.717, 1.165) is 11.3 Å². The summed E-state index contributed by atoms with van der Waals surface area (Å²) < 4.78 is 9.74. The molecular formula is C21H22N2O5. The maximum absolute atomic E-state index is 12.5. The summed E-state index contributed by atoms with van der Waals surface area (Å²) in [6, 6.07) is 5.64. The fraction of sp³-hybridized carbons (Fsp3) is 0.286. The number of hydrogen-bond donors (Lipinski definition) is 0. The Morgan fingerprint density at radius 3 is 2.43 bits per heavy atom. The Bertz CT molecular complexity index is 929. The maximum Gasteiger partial charge on any atom is 0.355 e. The zero-order valence-corrected chi connectivity index (χ0v) is 16.3. The average Bonchev–Trinajstić information content (AvgIpc) is 2.86. The normalized spacial score (nSPS) is 18.1. The molecule has 7 heteroatoms. The molecule has 0 N–H and O–H groups in total. The third-order valence-corrected chi connectivity index (χ3v) is 4.79. The number of carbonyl (C=O) groups excluding carboxylic acids is 3. The third-order valence-electron chi connectivity index (χ3n) is 4.79. The zero-order chi connectivity index (χ0) is 20.4. The van der Waals surface area contributed by atoms with Crippen LogP contribution in [-0.4, -0.2) is 38.1 Å². The van der Waals surface area contributed by atoms with Crippen molar-refractivity contribution in [3.8, 4) is 0 Å². The molecule has 0 aromatic heterocycles. The van der Waals surface area contributed by atoms with E-state index in [1.54, 1.807) is 41.1 Å². The molecular weight excluding hydrogens is 360 g/mol. The summed E-state index contributed by atoms with van der Waals surface area (Å²) in [4.78, 5) is 40.1. The minimum atomic E-state index is -0.657. The first-order valence-corrected chi connectivity index (χ1v) is 8.86.